The average Bonchev–Trinajstić information content (AvgIpc) is 3.36. The quantitative estimate of drug-likeness (QED) is 0.464. The van der Waals surface area contributed by atoms with Crippen LogP contribution in [0, 0.1) is 0 Å². The number of hydrogen-bond acceptors (Lipinski definition) is 5. The topological polar surface area (TPSA) is 77.1 Å². The molecule has 1 unspecified atom stereocenters. The van der Waals surface area contributed by atoms with Crippen molar-refractivity contribution in [3.05, 3.63) is 89.5 Å². The molecule has 0 spiro atoms. The second kappa shape index (κ2) is 11.4. The van der Waals surface area contributed by atoms with Crippen LogP contribution in [0.15, 0.2) is 72.8 Å². The summed E-state index contributed by atoms with van der Waals surface area (Å²) in [6, 6.07) is 21.8. The van der Waals surface area contributed by atoms with Gasteiger partial charge in [0, 0.05) is 19.5 Å². The molecule has 3 aromatic rings. The van der Waals surface area contributed by atoms with E-state index in [-0.39, 0.29) is 18.6 Å². The third-order valence-corrected chi connectivity index (χ3v) is 5.88. The minimum atomic E-state index is -0.772. The number of hydrogen-bond donors (Lipinski definition) is 1. The van der Waals surface area contributed by atoms with Crippen LogP contribution in [-0.2, 0) is 22.7 Å². The van der Waals surface area contributed by atoms with Crippen molar-refractivity contribution in [3.8, 4) is 17.2 Å². The molecule has 182 valence electrons. The minimum Gasteiger partial charge on any atom is -0.497 e. The van der Waals surface area contributed by atoms with Crippen LogP contribution in [0.1, 0.15) is 42.5 Å². The molecule has 0 aromatic heterocycles. The van der Waals surface area contributed by atoms with Crippen molar-refractivity contribution < 1.29 is 23.8 Å². The van der Waals surface area contributed by atoms with Crippen LogP contribution in [0.3, 0.4) is 0 Å². The fourth-order valence-electron chi connectivity index (χ4n) is 4.05. The van der Waals surface area contributed by atoms with Crippen LogP contribution in [0.2, 0.25) is 0 Å². The van der Waals surface area contributed by atoms with Gasteiger partial charge in [0.1, 0.15) is 11.8 Å². The first-order chi connectivity index (χ1) is 17.1. The van der Waals surface area contributed by atoms with Crippen LogP contribution in [0.5, 0.6) is 17.2 Å². The number of ether oxygens (including phenoxy) is 3. The first-order valence-electron chi connectivity index (χ1n) is 11.7. The summed E-state index contributed by atoms with van der Waals surface area (Å²) in [6.07, 6.45) is 1.05. The van der Waals surface area contributed by atoms with Crippen molar-refractivity contribution in [2.75, 3.05) is 13.9 Å². The van der Waals surface area contributed by atoms with Gasteiger partial charge in [0.2, 0.25) is 18.6 Å². The Kier molecular flexibility index (Phi) is 7.88. The lowest BCUT2D eigenvalue weighted by Gasteiger charge is -2.31. The molecule has 1 N–H and O–H groups in total. The van der Waals surface area contributed by atoms with Crippen LogP contribution in [0.4, 0.5) is 0 Å². The lowest BCUT2D eigenvalue weighted by molar-refractivity contribution is -0.141. The number of amides is 2. The molecule has 2 amide bonds. The molecule has 0 radical (unpaired) electrons. The number of carbonyl (C=O) groups is 2. The standard InChI is InChI=1S/C28H30N2O5/c1-3-7-26(31)30(18-20-10-13-23(33-2)14-11-20)27(22-8-5-4-6-9-22)28(32)29-17-21-12-15-24-25(16-21)35-19-34-24/h4-6,8-16,27H,3,7,17-19H2,1-2H3,(H,29,32). The molecule has 1 aliphatic heterocycles. The minimum absolute atomic E-state index is 0.0737. The molecule has 1 heterocycles. The smallest absolute Gasteiger partial charge is 0.247 e. The highest BCUT2D eigenvalue weighted by Crippen LogP contribution is 2.32. The Hall–Kier alpha value is -4.00. The molecule has 0 aliphatic carbocycles. The van der Waals surface area contributed by atoms with Gasteiger partial charge in [0.05, 0.1) is 7.11 Å². The molecule has 7 heteroatoms. The zero-order chi connectivity index (χ0) is 24.6. The van der Waals surface area contributed by atoms with E-state index in [1.165, 1.54) is 0 Å². The number of rotatable bonds is 10. The van der Waals surface area contributed by atoms with Gasteiger partial charge < -0.3 is 24.4 Å². The van der Waals surface area contributed by atoms with Gasteiger partial charge in [-0.05, 0) is 47.4 Å². The van der Waals surface area contributed by atoms with E-state index in [9.17, 15) is 9.59 Å². The second-order valence-corrected chi connectivity index (χ2v) is 8.34. The number of nitrogens with one attached hydrogen (secondary N) is 1. The molecule has 0 saturated carbocycles. The number of benzene rings is 3. The van der Waals surface area contributed by atoms with Crippen LogP contribution >= 0.6 is 0 Å². The van der Waals surface area contributed by atoms with Gasteiger partial charge in [0.15, 0.2) is 11.5 Å². The Balaban J connectivity index is 1.59. The zero-order valence-electron chi connectivity index (χ0n) is 20.0. The Morgan fingerprint density at radius 1 is 0.971 bits per heavy atom. The molecular formula is C28H30N2O5. The summed E-state index contributed by atoms with van der Waals surface area (Å²) in [7, 11) is 1.61. The summed E-state index contributed by atoms with van der Waals surface area (Å²) in [5, 5.41) is 3.02. The van der Waals surface area contributed by atoms with Crippen molar-refractivity contribution >= 4 is 11.8 Å². The summed E-state index contributed by atoms with van der Waals surface area (Å²) in [5.74, 6) is 1.78. The van der Waals surface area contributed by atoms with E-state index in [4.69, 9.17) is 14.2 Å². The van der Waals surface area contributed by atoms with Gasteiger partial charge in [-0.1, -0.05) is 55.5 Å². The fourth-order valence-corrected chi connectivity index (χ4v) is 4.05. The fraction of sp³-hybridized carbons (Fsp3) is 0.286. The van der Waals surface area contributed by atoms with E-state index in [2.05, 4.69) is 5.32 Å². The van der Waals surface area contributed by atoms with E-state index in [0.29, 0.717) is 37.4 Å². The molecule has 1 aliphatic rings. The summed E-state index contributed by atoms with van der Waals surface area (Å²) in [6.45, 7) is 2.76. The van der Waals surface area contributed by atoms with Crippen LogP contribution < -0.4 is 19.5 Å². The highest BCUT2D eigenvalue weighted by molar-refractivity contribution is 5.88. The van der Waals surface area contributed by atoms with E-state index < -0.39 is 6.04 Å². The monoisotopic (exact) mass is 474 g/mol. The SMILES string of the molecule is CCCC(=O)N(Cc1ccc(OC)cc1)C(C(=O)NCc1ccc2c(c1)OCO2)c1ccccc1. The van der Waals surface area contributed by atoms with Crippen LogP contribution in [-0.4, -0.2) is 30.6 Å². The van der Waals surface area contributed by atoms with Gasteiger partial charge in [-0.25, -0.2) is 0 Å². The van der Waals surface area contributed by atoms with Gasteiger partial charge in [-0.3, -0.25) is 9.59 Å². The van der Waals surface area contributed by atoms with E-state index in [1.54, 1.807) is 12.0 Å². The van der Waals surface area contributed by atoms with Crippen molar-refractivity contribution in [2.45, 2.75) is 38.9 Å². The number of carbonyl (C=O) groups excluding carboxylic acids is 2. The van der Waals surface area contributed by atoms with E-state index in [1.807, 2.05) is 79.7 Å². The highest BCUT2D eigenvalue weighted by Gasteiger charge is 2.31. The van der Waals surface area contributed by atoms with Gasteiger partial charge >= 0.3 is 0 Å². The Morgan fingerprint density at radius 3 is 2.40 bits per heavy atom. The van der Waals surface area contributed by atoms with Crippen molar-refractivity contribution in [2.24, 2.45) is 0 Å². The number of methoxy groups -OCH3 is 1. The summed E-state index contributed by atoms with van der Waals surface area (Å²) < 4.78 is 16.1. The summed E-state index contributed by atoms with van der Waals surface area (Å²) >= 11 is 0. The van der Waals surface area contributed by atoms with Crippen molar-refractivity contribution in [3.63, 3.8) is 0 Å². The molecule has 4 rings (SSSR count). The molecular weight excluding hydrogens is 444 g/mol. The lowest BCUT2D eigenvalue weighted by atomic mass is 10.0. The van der Waals surface area contributed by atoms with Gasteiger partial charge in [0.25, 0.3) is 0 Å². The first-order valence-corrected chi connectivity index (χ1v) is 11.7. The largest absolute Gasteiger partial charge is 0.497 e. The summed E-state index contributed by atoms with van der Waals surface area (Å²) in [5.41, 5.74) is 2.56. The average molecular weight is 475 g/mol. The molecule has 7 nitrogen and oxygen atoms in total. The number of nitrogens with zero attached hydrogens (tertiary/aromatic N) is 1. The molecule has 0 bridgehead atoms. The maximum absolute atomic E-state index is 13.6. The maximum Gasteiger partial charge on any atom is 0.247 e. The van der Waals surface area contributed by atoms with Crippen LogP contribution in [0.25, 0.3) is 0 Å². The first kappa shape index (κ1) is 24.1. The Bertz CT molecular complexity index is 1150. The molecule has 35 heavy (non-hydrogen) atoms. The molecule has 0 fully saturated rings. The third-order valence-electron chi connectivity index (χ3n) is 5.88. The summed E-state index contributed by atoms with van der Waals surface area (Å²) in [4.78, 5) is 28.6. The second-order valence-electron chi connectivity index (χ2n) is 8.34. The molecule has 1 atom stereocenters. The molecule has 3 aromatic carbocycles. The maximum atomic E-state index is 13.6. The third kappa shape index (κ3) is 5.93. The molecule has 0 saturated heterocycles. The van der Waals surface area contributed by atoms with Crippen molar-refractivity contribution in [1.82, 2.24) is 10.2 Å². The zero-order valence-corrected chi connectivity index (χ0v) is 20.0. The highest BCUT2D eigenvalue weighted by atomic mass is 16.7. The Labute approximate surface area is 205 Å². The normalized spacial score (nSPS) is 12.6. The predicted octanol–water partition coefficient (Wildman–Crippen LogP) is 4.61. The van der Waals surface area contributed by atoms with E-state index >= 15 is 0 Å². The van der Waals surface area contributed by atoms with Gasteiger partial charge in [-0.15, -0.1) is 0 Å². The lowest BCUT2D eigenvalue weighted by Crippen LogP contribution is -2.43. The van der Waals surface area contributed by atoms with Gasteiger partial charge in [-0.2, -0.15) is 0 Å². The van der Waals surface area contributed by atoms with Crippen molar-refractivity contribution in [1.29, 1.82) is 0 Å². The van der Waals surface area contributed by atoms with E-state index in [0.717, 1.165) is 22.4 Å². The number of fused-ring (bicyclic) bond motifs is 1. The Morgan fingerprint density at radius 2 is 1.69 bits per heavy atom. The predicted molar refractivity (Wildman–Crippen MR) is 132 cm³/mol.